The molecule has 5 nitrogen and oxygen atoms in total. The summed E-state index contributed by atoms with van der Waals surface area (Å²) in [7, 11) is 3.18. The number of carbonyl (C=O) groups is 1. The number of amides is 1. The Labute approximate surface area is 125 Å². The summed E-state index contributed by atoms with van der Waals surface area (Å²) in [5, 5.41) is 13.1. The average molecular weight is 293 g/mol. The minimum atomic E-state index is -0.648. The zero-order valence-corrected chi connectivity index (χ0v) is 12.5. The van der Waals surface area contributed by atoms with E-state index >= 15 is 0 Å². The Bertz CT molecular complexity index is 477. The molecule has 1 fully saturated rings. The fourth-order valence-electron chi connectivity index (χ4n) is 2.83. The van der Waals surface area contributed by atoms with Crippen LogP contribution in [0.4, 0.5) is 0 Å². The molecule has 0 unspecified atom stereocenters. The van der Waals surface area contributed by atoms with Crippen molar-refractivity contribution in [2.24, 2.45) is 0 Å². The molecule has 0 heterocycles. The Hall–Kier alpha value is -1.59. The van der Waals surface area contributed by atoms with Gasteiger partial charge in [0.15, 0.2) is 0 Å². The minimum Gasteiger partial charge on any atom is -0.496 e. The Morgan fingerprint density at radius 3 is 2.81 bits per heavy atom. The smallest absolute Gasteiger partial charge is 0.224 e. The molecule has 0 bridgehead atoms. The van der Waals surface area contributed by atoms with Crippen LogP contribution < -0.4 is 10.1 Å². The Morgan fingerprint density at radius 2 is 2.10 bits per heavy atom. The third kappa shape index (κ3) is 3.95. The second kappa shape index (κ2) is 7.43. The standard InChI is InChI=1S/C16H23NO4/c1-20-13-8-4-3-6-11(13)10-15(18)17-12-7-5-9-14(21-2)16(12)19/h3-4,6,8,12,14,16,19H,5,7,9-10H2,1-2H3,(H,17,18)/t12-,14-,16-/m1/s1. The molecule has 0 radical (unpaired) electrons. The van der Waals surface area contributed by atoms with Gasteiger partial charge in [-0.15, -0.1) is 0 Å². The largest absolute Gasteiger partial charge is 0.496 e. The molecule has 3 atom stereocenters. The van der Waals surface area contributed by atoms with Crippen molar-refractivity contribution >= 4 is 5.91 Å². The summed E-state index contributed by atoms with van der Waals surface area (Å²) in [5.74, 6) is 0.590. The van der Waals surface area contributed by atoms with Crippen LogP contribution in [0.3, 0.4) is 0 Å². The minimum absolute atomic E-state index is 0.111. The van der Waals surface area contributed by atoms with Crippen LogP contribution in [-0.4, -0.2) is 43.5 Å². The van der Waals surface area contributed by atoms with Gasteiger partial charge in [-0.3, -0.25) is 4.79 Å². The van der Waals surface area contributed by atoms with Crippen LogP contribution in [0, 0.1) is 0 Å². The van der Waals surface area contributed by atoms with Crippen molar-refractivity contribution in [2.75, 3.05) is 14.2 Å². The van der Waals surface area contributed by atoms with Crippen molar-refractivity contribution in [3.8, 4) is 5.75 Å². The maximum absolute atomic E-state index is 12.2. The molecule has 1 amide bonds. The molecule has 1 aliphatic rings. The van der Waals surface area contributed by atoms with E-state index in [1.807, 2.05) is 24.3 Å². The third-order valence-corrected chi connectivity index (χ3v) is 3.99. The van der Waals surface area contributed by atoms with E-state index in [4.69, 9.17) is 9.47 Å². The second-order valence-corrected chi connectivity index (χ2v) is 5.36. The van der Waals surface area contributed by atoms with Crippen LogP contribution in [0.5, 0.6) is 5.75 Å². The first-order chi connectivity index (χ1) is 10.2. The monoisotopic (exact) mass is 293 g/mol. The zero-order chi connectivity index (χ0) is 15.2. The van der Waals surface area contributed by atoms with E-state index in [1.54, 1.807) is 14.2 Å². The first-order valence-electron chi connectivity index (χ1n) is 7.27. The van der Waals surface area contributed by atoms with Gasteiger partial charge in [-0.2, -0.15) is 0 Å². The number of aliphatic hydroxyl groups is 1. The normalized spacial score (nSPS) is 25.4. The second-order valence-electron chi connectivity index (χ2n) is 5.36. The quantitative estimate of drug-likeness (QED) is 0.858. The molecule has 2 N–H and O–H groups in total. The maximum Gasteiger partial charge on any atom is 0.224 e. The fourth-order valence-corrected chi connectivity index (χ4v) is 2.83. The first kappa shape index (κ1) is 15.8. The van der Waals surface area contributed by atoms with Gasteiger partial charge in [0.05, 0.1) is 25.7 Å². The molecular formula is C16H23NO4. The molecule has 0 aromatic heterocycles. The topological polar surface area (TPSA) is 67.8 Å². The molecule has 21 heavy (non-hydrogen) atoms. The van der Waals surface area contributed by atoms with Crippen LogP contribution in [0.25, 0.3) is 0 Å². The van der Waals surface area contributed by atoms with Crippen LogP contribution in [0.15, 0.2) is 24.3 Å². The zero-order valence-electron chi connectivity index (χ0n) is 12.5. The van der Waals surface area contributed by atoms with Crippen molar-refractivity contribution < 1.29 is 19.4 Å². The Morgan fingerprint density at radius 1 is 1.33 bits per heavy atom. The number of hydrogen-bond donors (Lipinski definition) is 2. The highest BCUT2D eigenvalue weighted by Gasteiger charge is 2.32. The van der Waals surface area contributed by atoms with Gasteiger partial charge in [0.2, 0.25) is 5.91 Å². The molecular weight excluding hydrogens is 270 g/mol. The predicted octanol–water partition coefficient (Wildman–Crippen LogP) is 1.28. The number of para-hydroxylation sites is 1. The summed E-state index contributed by atoms with van der Waals surface area (Å²) >= 11 is 0. The fraction of sp³-hybridized carbons (Fsp3) is 0.562. The molecule has 1 aliphatic carbocycles. The summed E-state index contributed by atoms with van der Waals surface area (Å²) < 4.78 is 10.5. The van der Waals surface area contributed by atoms with Gasteiger partial charge in [0.1, 0.15) is 11.9 Å². The molecule has 0 spiro atoms. The number of nitrogens with one attached hydrogen (secondary N) is 1. The number of hydrogen-bond acceptors (Lipinski definition) is 4. The summed E-state index contributed by atoms with van der Waals surface area (Å²) in [5.41, 5.74) is 0.839. The number of rotatable bonds is 5. The molecule has 1 saturated carbocycles. The van der Waals surface area contributed by atoms with Gasteiger partial charge in [-0.05, 0) is 25.3 Å². The summed E-state index contributed by atoms with van der Waals surface area (Å²) in [4.78, 5) is 12.2. The van der Waals surface area contributed by atoms with E-state index in [0.29, 0.717) is 5.75 Å². The third-order valence-electron chi connectivity index (χ3n) is 3.99. The van der Waals surface area contributed by atoms with Crippen LogP contribution in [0.1, 0.15) is 24.8 Å². The SMILES string of the molecule is COc1ccccc1CC(=O)N[C@@H]1CCC[C@@H](OC)[C@@H]1O. The number of aliphatic hydroxyl groups excluding tert-OH is 1. The molecule has 116 valence electrons. The molecule has 1 aromatic carbocycles. The summed E-state index contributed by atoms with van der Waals surface area (Å²) in [6.45, 7) is 0. The van der Waals surface area contributed by atoms with Crippen molar-refractivity contribution in [3.63, 3.8) is 0 Å². The molecule has 0 saturated heterocycles. The number of methoxy groups -OCH3 is 2. The Kier molecular flexibility index (Phi) is 5.59. The molecule has 1 aromatic rings. The van der Waals surface area contributed by atoms with E-state index in [-0.39, 0.29) is 24.5 Å². The number of carbonyl (C=O) groups excluding carboxylic acids is 1. The highest BCUT2D eigenvalue weighted by atomic mass is 16.5. The highest BCUT2D eigenvalue weighted by Crippen LogP contribution is 2.22. The molecule has 2 rings (SSSR count). The Balaban J connectivity index is 1.95. The average Bonchev–Trinajstić information content (AvgIpc) is 2.50. The van der Waals surface area contributed by atoms with Crippen molar-refractivity contribution in [3.05, 3.63) is 29.8 Å². The van der Waals surface area contributed by atoms with Crippen LogP contribution in [-0.2, 0) is 16.0 Å². The molecule has 5 heteroatoms. The van der Waals surface area contributed by atoms with E-state index in [9.17, 15) is 9.90 Å². The van der Waals surface area contributed by atoms with Gasteiger partial charge < -0.3 is 19.9 Å². The van der Waals surface area contributed by atoms with Gasteiger partial charge in [-0.25, -0.2) is 0 Å². The van der Waals surface area contributed by atoms with E-state index < -0.39 is 6.10 Å². The maximum atomic E-state index is 12.2. The van der Waals surface area contributed by atoms with Gasteiger partial charge in [-0.1, -0.05) is 18.2 Å². The van der Waals surface area contributed by atoms with Gasteiger partial charge >= 0.3 is 0 Å². The lowest BCUT2D eigenvalue weighted by molar-refractivity contribution is -0.124. The van der Waals surface area contributed by atoms with E-state index in [1.165, 1.54) is 0 Å². The van der Waals surface area contributed by atoms with Crippen molar-refractivity contribution in [2.45, 2.75) is 43.9 Å². The lowest BCUT2D eigenvalue weighted by atomic mass is 9.89. The van der Waals surface area contributed by atoms with Crippen LogP contribution in [0.2, 0.25) is 0 Å². The van der Waals surface area contributed by atoms with Gasteiger partial charge in [0, 0.05) is 12.7 Å². The summed E-state index contributed by atoms with van der Waals surface area (Å²) in [6, 6.07) is 7.20. The summed E-state index contributed by atoms with van der Waals surface area (Å²) in [6.07, 6.45) is 1.94. The molecule has 0 aliphatic heterocycles. The lowest BCUT2D eigenvalue weighted by Gasteiger charge is -2.34. The number of ether oxygens (including phenoxy) is 2. The van der Waals surface area contributed by atoms with Crippen LogP contribution >= 0.6 is 0 Å². The lowest BCUT2D eigenvalue weighted by Crippen LogP contribution is -2.51. The number of benzene rings is 1. The van der Waals surface area contributed by atoms with E-state index in [2.05, 4.69) is 5.32 Å². The van der Waals surface area contributed by atoms with E-state index in [0.717, 1.165) is 24.8 Å². The first-order valence-corrected chi connectivity index (χ1v) is 7.27. The highest BCUT2D eigenvalue weighted by molar-refractivity contribution is 5.79. The van der Waals surface area contributed by atoms with Gasteiger partial charge in [0.25, 0.3) is 0 Å². The van der Waals surface area contributed by atoms with Crippen molar-refractivity contribution in [1.82, 2.24) is 5.32 Å². The van der Waals surface area contributed by atoms with Crippen molar-refractivity contribution in [1.29, 1.82) is 0 Å². The predicted molar refractivity (Wildman–Crippen MR) is 79.3 cm³/mol.